The van der Waals surface area contributed by atoms with Gasteiger partial charge >= 0.3 is 6.03 Å². The Morgan fingerprint density at radius 2 is 1.59 bits per heavy atom. The molecule has 0 atom stereocenters. The SMILES string of the molecule is Cc1nsc(NC(=O)N(C2CCCCC2)C2CCCCC2)n1. The lowest BCUT2D eigenvalue weighted by Crippen LogP contribution is -2.50. The normalized spacial score (nSPS) is 20.8. The van der Waals surface area contributed by atoms with Gasteiger partial charge in [-0.3, -0.25) is 5.32 Å². The summed E-state index contributed by atoms with van der Waals surface area (Å²) in [6.45, 7) is 1.85. The van der Waals surface area contributed by atoms with E-state index >= 15 is 0 Å². The first kappa shape index (κ1) is 15.7. The van der Waals surface area contributed by atoms with E-state index in [4.69, 9.17) is 0 Å². The number of amides is 2. The van der Waals surface area contributed by atoms with Crippen LogP contribution in [-0.2, 0) is 0 Å². The molecule has 0 unspecified atom stereocenters. The fourth-order valence-corrected chi connectivity index (χ4v) is 4.42. The summed E-state index contributed by atoms with van der Waals surface area (Å²) in [4.78, 5) is 19.3. The van der Waals surface area contributed by atoms with E-state index in [1.165, 1.54) is 50.1 Å². The zero-order valence-corrected chi connectivity index (χ0v) is 14.2. The molecule has 1 aromatic heterocycles. The van der Waals surface area contributed by atoms with Crippen molar-refractivity contribution in [3.63, 3.8) is 0 Å². The number of carbonyl (C=O) groups is 1. The van der Waals surface area contributed by atoms with Gasteiger partial charge in [0.15, 0.2) is 0 Å². The van der Waals surface area contributed by atoms with Gasteiger partial charge in [0, 0.05) is 23.6 Å². The van der Waals surface area contributed by atoms with Gasteiger partial charge in [-0.05, 0) is 32.6 Å². The predicted molar refractivity (Wildman–Crippen MR) is 89.2 cm³/mol. The Kier molecular flexibility index (Phi) is 5.28. The van der Waals surface area contributed by atoms with E-state index in [2.05, 4.69) is 19.6 Å². The van der Waals surface area contributed by atoms with Gasteiger partial charge in [-0.1, -0.05) is 38.5 Å². The second-order valence-corrected chi connectivity index (χ2v) is 7.32. The molecule has 1 aromatic rings. The second kappa shape index (κ2) is 7.40. The molecule has 0 aliphatic heterocycles. The molecule has 0 saturated heterocycles. The monoisotopic (exact) mass is 322 g/mol. The van der Waals surface area contributed by atoms with Crippen molar-refractivity contribution < 1.29 is 4.79 Å². The number of aryl methyl sites for hydroxylation is 1. The van der Waals surface area contributed by atoms with E-state index in [1.54, 1.807) is 0 Å². The minimum absolute atomic E-state index is 0.0370. The first-order valence-corrected chi connectivity index (χ1v) is 9.41. The average Bonchev–Trinajstić information content (AvgIpc) is 2.95. The molecule has 2 amide bonds. The van der Waals surface area contributed by atoms with Crippen LogP contribution >= 0.6 is 11.5 Å². The van der Waals surface area contributed by atoms with Gasteiger partial charge in [-0.2, -0.15) is 4.37 Å². The Hall–Kier alpha value is -1.17. The molecule has 2 saturated carbocycles. The Morgan fingerprint density at radius 1 is 1.05 bits per heavy atom. The first-order chi connectivity index (χ1) is 10.7. The molecular formula is C16H26N4OS. The van der Waals surface area contributed by atoms with Gasteiger partial charge in [-0.25, -0.2) is 9.78 Å². The van der Waals surface area contributed by atoms with Crippen molar-refractivity contribution in [2.24, 2.45) is 0 Å². The van der Waals surface area contributed by atoms with Crippen molar-refractivity contribution in [2.45, 2.75) is 83.2 Å². The number of nitrogens with one attached hydrogen (secondary N) is 1. The van der Waals surface area contributed by atoms with E-state index in [0.717, 1.165) is 31.5 Å². The lowest BCUT2D eigenvalue weighted by atomic mass is 9.89. The fourth-order valence-electron chi connectivity index (χ4n) is 3.85. The third kappa shape index (κ3) is 3.77. The van der Waals surface area contributed by atoms with Crippen molar-refractivity contribution in [1.82, 2.24) is 14.3 Å². The van der Waals surface area contributed by atoms with Gasteiger partial charge in [0.1, 0.15) is 5.82 Å². The summed E-state index contributed by atoms with van der Waals surface area (Å²) in [7, 11) is 0. The predicted octanol–water partition coefficient (Wildman–Crippen LogP) is 4.35. The van der Waals surface area contributed by atoms with Crippen molar-refractivity contribution in [2.75, 3.05) is 5.32 Å². The number of hydrogen-bond acceptors (Lipinski definition) is 4. The molecule has 2 fully saturated rings. The van der Waals surface area contributed by atoms with Gasteiger partial charge in [0.25, 0.3) is 0 Å². The highest BCUT2D eigenvalue weighted by molar-refractivity contribution is 7.09. The standard InChI is InChI=1S/C16H26N4OS/c1-12-17-15(22-19-12)18-16(21)20(13-8-4-2-5-9-13)14-10-6-3-7-11-14/h13-14H,2-11H2,1H3,(H,17,18,19,21). The molecule has 122 valence electrons. The highest BCUT2D eigenvalue weighted by Crippen LogP contribution is 2.30. The summed E-state index contributed by atoms with van der Waals surface area (Å²) in [6, 6.07) is 0.853. The second-order valence-electron chi connectivity index (χ2n) is 6.57. The number of carbonyl (C=O) groups excluding carboxylic acids is 1. The Balaban J connectivity index is 1.72. The van der Waals surface area contributed by atoms with Crippen molar-refractivity contribution >= 4 is 22.7 Å². The third-order valence-corrected chi connectivity index (χ3v) is 5.63. The molecule has 2 aliphatic rings. The maximum atomic E-state index is 12.9. The van der Waals surface area contributed by atoms with Crippen LogP contribution in [0.1, 0.15) is 70.0 Å². The average molecular weight is 322 g/mol. The molecule has 0 radical (unpaired) electrons. The van der Waals surface area contributed by atoms with Crippen molar-refractivity contribution in [3.05, 3.63) is 5.82 Å². The third-order valence-electron chi connectivity index (χ3n) is 4.91. The van der Waals surface area contributed by atoms with Gasteiger partial charge < -0.3 is 4.90 Å². The Bertz CT molecular complexity index is 474. The largest absolute Gasteiger partial charge is 0.324 e. The Morgan fingerprint density at radius 3 is 2.05 bits per heavy atom. The number of rotatable bonds is 3. The van der Waals surface area contributed by atoms with Crippen LogP contribution < -0.4 is 5.32 Å². The molecule has 22 heavy (non-hydrogen) atoms. The van der Waals surface area contributed by atoms with Gasteiger partial charge in [0.2, 0.25) is 5.13 Å². The van der Waals surface area contributed by atoms with Crippen LogP contribution in [0.2, 0.25) is 0 Å². The maximum Gasteiger partial charge on any atom is 0.324 e. The summed E-state index contributed by atoms with van der Waals surface area (Å²) in [5, 5.41) is 3.61. The van der Waals surface area contributed by atoms with E-state index < -0.39 is 0 Å². The zero-order chi connectivity index (χ0) is 15.4. The topological polar surface area (TPSA) is 58.1 Å². The molecule has 0 bridgehead atoms. The molecule has 2 aliphatic carbocycles. The molecular weight excluding hydrogens is 296 g/mol. The van der Waals surface area contributed by atoms with E-state index in [-0.39, 0.29) is 6.03 Å². The molecule has 6 heteroatoms. The molecule has 1 heterocycles. The quantitative estimate of drug-likeness (QED) is 0.900. The molecule has 5 nitrogen and oxygen atoms in total. The zero-order valence-electron chi connectivity index (χ0n) is 13.4. The summed E-state index contributed by atoms with van der Waals surface area (Å²) < 4.78 is 4.15. The van der Waals surface area contributed by atoms with Crippen LogP contribution in [0.3, 0.4) is 0 Å². The van der Waals surface area contributed by atoms with Crippen LogP contribution in [0.15, 0.2) is 0 Å². The molecule has 3 rings (SSSR count). The van der Waals surface area contributed by atoms with Crippen LogP contribution in [-0.4, -0.2) is 32.4 Å². The van der Waals surface area contributed by atoms with Crippen LogP contribution in [0.25, 0.3) is 0 Å². The first-order valence-electron chi connectivity index (χ1n) is 8.63. The minimum atomic E-state index is 0.0370. The summed E-state index contributed by atoms with van der Waals surface area (Å²) in [6.07, 6.45) is 12.2. The number of hydrogen-bond donors (Lipinski definition) is 1. The van der Waals surface area contributed by atoms with Crippen molar-refractivity contribution in [1.29, 1.82) is 0 Å². The number of urea groups is 1. The van der Waals surface area contributed by atoms with Crippen LogP contribution in [0.5, 0.6) is 0 Å². The Labute approximate surface area is 136 Å². The van der Waals surface area contributed by atoms with E-state index in [9.17, 15) is 4.79 Å². The summed E-state index contributed by atoms with van der Waals surface area (Å²) in [5.41, 5.74) is 0. The number of aromatic nitrogens is 2. The minimum Gasteiger partial charge on any atom is -0.319 e. The molecule has 0 spiro atoms. The smallest absolute Gasteiger partial charge is 0.319 e. The van der Waals surface area contributed by atoms with Crippen LogP contribution in [0, 0.1) is 6.92 Å². The van der Waals surface area contributed by atoms with Gasteiger partial charge in [-0.15, -0.1) is 0 Å². The summed E-state index contributed by atoms with van der Waals surface area (Å²) >= 11 is 1.27. The lowest BCUT2D eigenvalue weighted by Gasteiger charge is -2.41. The van der Waals surface area contributed by atoms with E-state index in [1.807, 2.05) is 6.92 Å². The maximum absolute atomic E-state index is 12.9. The van der Waals surface area contributed by atoms with E-state index in [0.29, 0.717) is 17.2 Å². The van der Waals surface area contributed by atoms with Crippen LogP contribution in [0.4, 0.5) is 9.93 Å². The van der Waals surface area contributed by atoms with Gasteiger partial charge in [0.05, 0.1) is 0 Å². The lowest BCUT2D eigenvalue weighted by molar-refractivity contribution is 0.114. The van der Waals surface area contributed by atoms with Crippen molar-refractivity contribution in [3.8, 4) is 0 Å². The fraction of sp³-hybridized carbons (Fsp3) is 0.812. The number of nitrogens with zero attached hydrogens (tertiary/aromatic N) is 3. The molecule has 0 aromatic carbocycles. The molecule has 1 N–H and O–H groups in total. The number of anilines is 1. The summed E-state index contributed by atoms with van der Waals surface area (Å²) in [5.74, 6) is 0.724. The highest BCUT2D eigenvalue weighted by Gasteiger charge is 2.32. The highest BCUT2D eigenvalue weighted by atomic mass is 32.1.